The first-order valence-electron chi connectivity index (χ1n) is 13.4. The summed E-state index contributed by atoms with van der Waals surface area (Å²) < 4.78 is 55.8. The van der Waals surface area contributed by atoms with E-state index in [9.17, 15) is 19.3 Å². The minimum absolute atomic E-state index is 0.117. The molecular weight excluding hydrogens is 674 g/mol. The van der Waals surface area contributed by atoms with Crippen LogP contribution in [0.4, 0.5) is 11.6 Å². The lowest BCUT2D eigenvalue weighted by Gasteiger charge is -2.24. The number of hydrogen-bond donors (Lipinski definition) is 6. The molecule has 0 aromatic carbocycles. The summed E-state index contributed by atoms with van der Waals surface area (Å²) in [5.74, 6) is 0.274. The van der Waals surface area contributed by atoms with Crippen LogP contribution in [0.3, 0.4) is 0 Å². The van der Waals surface area contributed by atoms with E-state index in [1.54, 1.807) is 4.57 Å². The monoisotopic (exact) mass is 702 g/mol. The standard InChI is InChI=1S/C22H28N10O9P2S2/c23-17-12-19(27-5-25-17)31(7-29-12)21-9(1-2-44)14(33)10(39-21)4-38-43(36,45)41-16-11(3-37-42-35)40-22(15(16)34)32-8-30-13-18(24)26-6-28-20(13)32/h5-11,14-16,21-22,33-34,44H,1-4H2,(H,36,45)(H2,23,25,27)(H2,24,26,28)/t9-,10-,11-,14+,15-,16-,21-,22-,43-/m1/s1. The molecule has 0 aliphatic carbocycles. The van der Waals surface area contributed by atoms with Gasteiger partial charge in [0.05, 0.1) is 32.0 Å². The quantitative estimate of drug-likeness (QED) is 0.0886. The SMILES string of the molecule is Nc1ncnc2c1ncn2[C@@H]1O[C@H](COP=O)[C@@H](O[P@](=O)(S)OC[C@H]2O[C@@H](n3cnc4c(N)ncnc43)[C@H](CCS)[C@@H]2O)[C@H]1O. The first-order valence-corrected chi connectivity index (χ1v) is 17.4. The summed E-state index contributed by atoms with van der Waals surface area (Å²) in [6, 6.07) is 0. The third-order valence-corrected chi connectivity index (χ3v) is 9.67. The van der Waals surface area contributed by atoms with Gasteiger partial charge in [-0.25, -0.2) is 39.0 Å². The smallest absolute Gasteiger partial charge is 0.386 e. The normalized spacial score (nSPS) is 30.0. The van der Waals surface area contributed by atoms with Gasteiger partial charge < -0.3 is 31.2 Å². The summed E-state index contributed by atoms with van der Waals surface area (Å²) in [4.78, 5) is 24.7. The van der Waals surface area contributed by atoms with E-state index >= 15 is 0 Å². The maximum Gasteiger partial charge on any atom is 0.386 e. The number of nitrogens with two attached hydrogens (primary N) is 2. The Hall–Kier alpha value is -2.55. The summed E-state index contributed by atoms with van der Waals surface area (Å²) in [6.45, 7) is -4.98. The second-order valence-corrected chi connectivity index (χ2v) is 13.9. The highest BCUT2D eigenvalue weighted by molar-refractivity contribution is 8.44. The van der Waals surface area contributed by atoms with Crippen LogP contribution in [0.5, 0.6) is 0 Å². The van der Waals surface area contributed by atoms with Crippen LogP contribution in [0.15, 0.2) is 25.3 Å². The van der Waals surface area contributed by atoms with Crippen LogP contribution < -0.4 is 11.5 Å². The Labute approximate surface area is 266 Å². The molecule has 6 rings (SSSR count). The van der Waals surface area contributed by atoms with Gasteiger partial charge >= 0.3 is 15.5 Å². The van der Waals surface area contributed by atoms with Crippen molar-refractivity contribution in [1.29, 1.82) is 0 Å². The fraction of sp³-hybridized carbons (Fsp3) is 0.545. The van der Waals surface area contributed by atoms with Gasteiger partial charge in [0, 0.05) is 5.92 Å². The second-order valence-electron chi connectivity index (χ2n) is 10.2. The Morgan fingerprint density at radius 1 is 0.911 bits per heavy atom. The zero-order valence-electron chi connectivity index (χ0n) is 23.0. The molecule has 0 radical (unpaired) electrons. The zero-order valence-corrected chi connectivity index (χ0v) is 26.6. The number of fused-ring (bicyclic) bond motifs is 2. The summed E-state index contributed by atoms with van der Waals surface area (Å²) in [5, 5.41) is 22.4. The molecule has 6 N–H and O–H groups in total. The van der Waals surface area contributed by atoms with Crippen LogP contribution in [0.25, 0.3) is 22.3 Å². The topological polar surface area (TPSA) is 260 Å². The van der Waals surface area contributed by atoms with Crippen molar-refractivity contribution in [3.63, 3.8) is 0 Å². The zero-order chi connectivity index (χ0) is 31.9. The fourth-order valence-electron chi connectivity index (χ4n) is 5.46. The lowest BCUT2D eigenvalue weighted by atomic mass is 9.97. The number of anilines is 2. The molecule has 2 aliphatic rings. The number of imidazole rings is 2. The van der Waals surface area contributed by atoms with E-state index in [0.717, 1.165) is 0 Å². The van der Waals surface area contributed by atoms with Crippen molar-refractivity contribution in [2.45, 2.75) is 49.4 Å². The molecule has 6 heterocycles. The Morgan fingerprint density at radius 2 is 1.51 bits per heavy atom. The van der Waals surface area contributed by atoms with Gasteiger partial charge in [-0.3, -0.25) is 22.7 Å². The van der Waals surface area contributed by atoms with E-state index in [4.69, 9.17) is 34.5 Å². The summed E-state index contributed by atoms with van der Waals surface area (Å²) in [5.41, 5.74) is 13.1. The van der Waals surface area contributed by atoms with Crippen molar-refractivity contribution in [3.8, 4) is 0 Å². The molecular formula is C22H28N10O9P2S2. The van der Waals surface area contributed by atoms with Crippen LogP contribution in [-0.4, -0.2) is 98.7 Å². The van der Waals surface area contributed by atoms with Crippen molar-refractivity contribution in [3.05, 3.63) is 25.3 Å². The van der Waals surface area contributed by atoms with Crippen LogP contribution in [0.1, 0.15) is 18.9 Å². The maximum absolute atomic E-state index is 13.5. The van der Waals surface area contributed by atoms with E-state index < -0.39 is 71.0 Å². The van der Waals surface area contributed by atoms with E-state index in [1.807, 2.05) is 0 Å². The van der Waals surface area contributed by atoms with E-state index in [-0.39, 0.29) is 29.4 Å². The van der Waals surface area contributed by atoms with E-state index in [2.05, 4.69) is 54.8 Å². The highest BCUT2D eigenvalue weighted by atomic mass is 32.7. The highest BCUT2D eigenvalue weighted by Crippen LogP contribution is 2.57. The predicted octanol–water partition coefficient (Wildman–Crippen LogP) is 0.946. The Balaban J connectivity index is 1.17. The van der Waals surface area contributed by atoms with Gasteiger partial charge in [-0.15, -0.1) is 0 Å². The number of nitrogens with zero attached hydrogens (tertiary/aromatic N) is 8. The van der Waals surface area contributed by atoms with Gasteiger partial charge in [0.15, 0.2) is 29.2 Å². The van der Waals surface area contributed by atoms with Crippen molar-refractivity contribution in [2.24, 2.45) is 5.92 Å². The molecule has 0 amide bonds. The molecule has 19 nitrogen and oxygen atoms in total. The molecule has 9 atom stereocenters. The molecule has 0 unspecified atom stereocenters. The minimum Gasteiger partial charge on any atom is -0.390 e. The predicted molar refractivity (Wildman–Crippen MR) is 162 cm³/mol. The largest absolute Gasteiger partial charge is 0.390 e. The average molecular weight is 703 g/mol. The Kier molecular flexibility index (Phi) is 9.56. The van der Waals surface area contributed by atoms with Crippen LogP contribution >= 0.6 is 40.4 Å². The number of thiol groups is 2. The van der Waals surface area contributed by atoms with Crippen LogP contribution in [-0.2, 0) is 32.2 Å². The number of ether oxygens (including phenoxy) is 2. The number of hydrogen-bond acceptors (Lipinski definition) is 18. The molecule has 242 valence electrons. The number of rotatable bonds is 12. The molecule has 2 saturated heterocycles. The van der Waals surface area contributed by atoms with E-state index in [1.165, 1.54) is 29.9 Å². The number of aromatic nitrogens is 8. The molecule has 0 saturated carbocycles. The maximum atomic E-state index is 13.5. The van der Waals surface area contributed by atoms with Gasteiger partial charge in [-0.05, 0) is 12.2 Å². The van der Waals surface area contributed by atoms with E-state index in [0.29, 0.717) is 23.3 Å². The summed E-state index contributed by atoms with van der Waals surface area (Å²) in [7, 11) is -0.651. The van der Waals surface area contributed by atoms with Gasteiger partial charge in [-0.2, -0.15) is 12.6 Å². The van der Waals surface area contributed by atoms with Crippen LogP contribution in [0, 0.1) is 5.92 Å². The van der Waals surface area contributed by atoms with Gasteiger partial charge in [-0.1, -0.05) is 12.2 Å². The average Bonchev–Trinajstić information content (AvgIpc) is 3.77. The molecule has 0 bridgehead atoms. The van der Waals surface area contributed by atoms with Crippen molar-refractivity contribution < 1.29 is 42.4 Å². The second kappa shape index (κ2) is 13.3. The summed E-state index contributed by atoms with van der Waals surface area (Å²) in [6.07, 6.45) is -2.01. The molecule has 4 aromatic rings. The Morgan fingerprint density at radius 3 is 2.11 bits per heavy atom. The first-order chi connectivity index (χ1) is 21.6. The number of nitrogen functional groups attached to an aromatic ring is 2. The van der Waals surface area contributed by atoms with Gasteiger partial charge in [0.25, 0.3) is 0 Å². The molecule has 2 aliphatic heterocycles. The molecule has 23 heteroatoms. The third-order valence-electron chi connectivity index (χ3n) is 7.54. The Bertz CT molecular complexity index is 1740. The van der Waals surface area contributed by atoms with Crippen molar-refractivity contribution in [2.75, 3.05) is 30.4 Å². The number of aliphatic hydroxyl groups is 2. The molecule has 2 fully saturated rings. The molecule has 0 spiro atoms. The first kappa shape index (κ1) is 32.4. The lowest BCUT2D eigenvalue weighted by molar-refractivity contribution is -0.0479. The minimum atomic E-state index is -4.26. The van der Waals surface area contributed by atoms with Crippen molar-refractivity contribution >= 4 is 74.3 Å². The lowest BCUT2D eigenvalue weighted by Crippen LogP contribution is -2.36. The molecule has 4 aromatic heterocycles. The van der Waals surface area contributed by atoms with Gasteiger partial charge in [0.2, 0.25) is 0 Å². The summed E-state index contributed by atoms with van der Waals surface area (Å²) >= 11 is 8.43. The fourth-order valence-corrected chi connectivity index (χ4v) is 7.46. The number of aliphatic hydroxyl groups excluding tert-OH is 2. The van der Waals surface area contributed by atoms with Crippen LogP contribution in [0.2, 0.25) is 0 Å². The third kappa shape index (κ3) is 6.27. The molecule has 45 heavy (non-hydrogen) atoms. The van der Waals surface area contributed by atoms with Gasteiger partial charge in [0.1, 0.15) is 54.3 Å². The highest BCUT2D eigenvalue weighted by Gasteiger charge is 2.50. The van der Waals surface area contributed by atoms with Crippen molar-refractivity contribution in [1.82, 2.24) is 39.0 Å².